The third-order valence-electron chi connectivity index (χ3n) is 3.16. The second kappa shape index (κ2) is 4.72. The number of aryl methyl sites for hydroxylation is 1. The van der Waals surface area contributed by atoms with E-state index in [1.54, 1.807) is 0 Å². The molecule has 0 spiro atoms. The molecule has 2 rings (SSSR count). The first-order chi connectivity index (χ1) is 7.58. The van der Waals surface area contributed by atoms with Gasteiger partial charge in [-0.05, 0) is 48.5 Å². The Labute approximate surface area is 106 Å². The molecule has 4 heteroatoms. The first-order valence-corrected chi connectivity index (χ1v) is 6.44. The van der Waals surface area contributed by atoms with Crippen LogP contribution in [0.1, 0.15) is 12.5 Å². The minimum atomic E-state index is 0.534. The predicted molar refractivity (Wildman–Crippen MR) is 71.0 cm³/mol. The van der Waals surface area contributed by atoms with Crippen molar-refractivity contribution in [2.75, 3.05) is 31.6 Å². The summed E-state index contributed by atoms with van der Waals surface area (Å²) in [5, 5.41) is 0. The lowest BCUT2D eigenvalue weighted by Gasteiger charge is -2.39. The van der Waals surface area contributed by atoms with Gasteiger partial charge in [0.25, 0.3) is 0 Å². The van der Waals surface area contributed by atoms with Crippen molar-refractivity contribution in [1.29, 1.82) is 0 Å². The first-order valence-electron chi connectivity index (χ1n) is 5.65. The smallest absolute Gasteiger partial charge is 0.129 e. The van der Waals surface area contributed by atoms with Crippen LogP contribution in [-0.2, 0) is 0 Å². The van der Waals surface area contributed by atoms with Gasteiger partial charge in [0.05, 0.1) is 0 Å². The highest BCUT2D eigenvalue weighted by molar-refractivity contribution is 9.10. The summed E-state index contributed by atoms with van der Waals surface area (Å²) in [6.07, 6.45) is 1.90. The van der Waals surface area contributed by atoms with E-state index in [1.165, 1.54) is 5.56 Å². The van der Waals surface area contributed by atoms with E-state index in [2.05, 4.69) is 57.7 Å². The van der Waals surface area contributed by atoms with E-state index in [0.717, 1.165) is 29.9 Å². The lowest BCUT2D eigenvalue weighted by molar-refractivity contribution is 0.274. The first kappa shape index (κ1) is 11.9. The zero-order chi connectivity index (χ0) is 11.7. The van der Waals surface area contributed by atoms with Crippen molar-refractivity contribution in [3.05, 3.63) is 22.3 Å². The van der Waals surface area contributed by atoms with Crippen LogP contribution in [0.3, 0.4) is 0 Å². The molecule has 0 aliphatic carbocycles. The summed E-state index contributed by atoms with van der Waals surface area (Å²) in [4.78, 5) is 9.26. The highest BCUT2D eigenvalue weighted by Gasteiger charge is 2.22. The van der Waals surface area contributed by atoms with Gasteiger partial charge in [-0.15, -0.1) is 0 Å². The molecule has 1 aromatic heterocycles. The number of likely N-dealkylation sites (N-methyl/N-ethyl adjacent to an activating group) is 1. The van der Waals surface area contributed by atoms with Crippen LogP contribution in [0.25, 0.3) is 0 Å². The molecule has 0 aromatic carbocycles. The Hall–Kier alpha value is -0.610. The molecule has 0 radical (unpaired) electrons. The Morgan fingerprint density at radius 2 is 2.19 bits per heavy atom. The van der Waals surface area contributed by atoms with Gasteiger partial charge >= 0.3 is 0 Å². The zero-order valence-corrected chi connectivity index (χ0v) is 11.7. The van der Waals surface area contributed by atoms with Crippen LogP contribution in [0.4, 0.5) is 5.82 Å². The van der Waals surface area contributed by atoms with Gasteiger partial charge in [-0.3, -0.25) is 0 Å². The second-order valence-electron chi connectivity index (χ2n) is 4.60. The number of anilines is 1. The van der Waals surface area contributed by atoms with Gasteiger partial charge in [-0.25, -0.2) is 4.98 Å². The van der Waals surface area contributed by atoms with E-state index in [4.69, 9.17) is 0 Å². The van der Waals surface area contributed by atoms with E-state index in [9.17, 15) is 0 Å². The average molecular weight is 284 g/mol. The standard InChI is InChI=1S/C12H18BrN3/c1-9-6-12(14-7-11(9)13)16-5-4-15(3)8-10(16)2/h6-7,10H,4-5,8H2,1-3H3. The Kier molecular flexibility index (Phi) is 3.50. The fourth-order valence-electron chi connectivity index (χ4n) is 2.16. The number of piperazine rings is 1. The van der Waals surface area contributed by atoms with Gasteiger partial charge < -0.3 is 9.80 Å². The monoisotopic (exact) mass is 283 g/mol. The van der Waals surface area contributed by atoms with Gasteiger partial charge in [-0.2, -0.15) is 0 Å². The number of nitrogens with zero attached hydrogens (tertiary/aromatic N) is 3. The summed E-state index contributed by atoms with van der Waals surface area (Å²) in [5.74, 6) is 1.10. The summed E-state index contributed by atoms with van der Waals surface area (Å²) in [6, 6.07) is 2.69. The summed E-state index contributed by atoms with van der Waals surface area (Å²) < 4.78 is 1.08. The van der Waals surface area contributed by atoms with Gasteiger partial charge in [-0.1, -0.05) is 0 Å². The van der Waals surface area contributed by atoms with Crippen molar-refractivity contribution in [2.24, 2.45) is 0 Å². The predicted octanol–water partition coefficient (Wildman–Crippen LogP) is 2.29. The van der Waals surface area contributed by atoms with Crippen molar-refractivity contribution >= 4 is 21.7 Å². The van der Waals surface area contributed by atoms with Crippen LogP contribution < -0.4 is 4.90 Å². The molecule has 16 heavy (non-hydrogen) atoms. The van der Waals surface area contributed by atoms with Crippen LogP contribution in [0.15, 0.2) is 16.7 Å². The third-order valence-corrected chi connectivity index (χ3v) is 3.99. The average Bonchev–Trinajstić information content (AvgIpc) is 2.22. The Bertz CT molecular complexity index is 381. The molecule has 1 fully saturated rings. The fourth-order valence-corrected chi connectivity index (χ4v) is 2.38. The summed E-state index contributed by atoms with van der Waals surface area (Å²) in [6.45, 7) is 7.65. The molecule has 1 saturated heterocycles. The molecular weight excluding hydrogens is 266 g/mol. The van der Waals surface area contributed by atoms with E-state index in [0.29, 0.717) is 6.04 Å². The van der Waals surface area contributed by atoms with E-state index in [1.807, 2.05) is 6.20 Å². The molecule has 1 unspecified atom stereocenters. The molecule has 0 amide bonds. The maximum Gasteiger partial charge on any atom is 0.129 e. The highest BCUT2D eigenvalue weighted by atomic mass is 79.9. The van der Waals surface area contributed by atoms with Crippen molar-refractivity contribution < 1.29 is 0 Å². The lowest BCUT2D eigenvalue weighted by atomic mass is 10.2. The molecule has 0 bridgehead atoms. The number of hydrogen-bond acceptors (Lipinski definition) is 3. The molecular formula is C12H18BrN3. The molecule has 1 aliphatic rings. The summed E-state index contributed by atoms with van der Waals surface area (Å²) in [7, 11) is 2.17. The highest BCUT2D eigenvalue weighted by Crippen LogP contribution is 2.22. The van der Waals surface area contributed by atoms with Gasteiger partial charge in [0.1, 0.15) is 5.82 Å². The van der Waals surface area contributed by atoms with E-state index in [-0.39, 0.29) is 0 Å². The van der Waals surface area contributed by atoms with Crippen molar-refractivity contribution in [2.45, 2.75) is 19.9 Å². The number of aromatic nitrogens is 1. The summed E-state index contributed by atoms with van der Waals surface area (Å²) >= 11 is 3.49. The minimum absolute atomic E-state index is 0.534. The molecule has 2 heterocycles. The number of halogens is 1. The molecule has 1 aromatic rings. The fraction of sp³-hybridized carbons (Fsp3) is 0.583. The Morgan fingerprint density at radius 3 is 2.81 bits per heavy atom. The Morgan fingerprint density at radius 1 is 1.44 bits per heavy atom. The van der Waals surface area contributed by atoms with Crippen molar-refractivity contribution in [3.63, 3.8) is 0 Å². The van der Waals surface area contributed by atoms with Gasteiger partial charge in [0, 0.05) is 36.3 Å². The SMILES string of the molecule is Cc1cc(N2CCN(C)CC2C)ncc1Br. The molecule has 3 nitrogen and oxygen atoms in total. The van der Waals surface area contributed by atoms with Crippen LogP contribution in [-0.4, -0.2) is 42.6 Å². The largest absolute Gasteiger partial charge is 0.351 e. The van der Waals surface area contributed by atoms with Crippen LogP contribution in [0.2, 0.25) is 0 Å². The van der Waals surface area contributed by atoms with E-state index < -0.39 is 0 Å². The summed E-state index contributed by atoms with van der Waals surface area (Å²) in [5.41, 5.74) is 1.25. The Balaban J connectivity index is 2.20. The zero-order valence-electron chi connectivity index (χ0n) is 10.1. The van der Waals surface area contributed by atoms with Crippen molar-refractivity contribution in [3.8, 4) is 0 Å². The van der Waals surface area contributed by atoms with Crippen LogP contribution >= 0.6 is 15.9 Å². The topological polar surface area (TPSA) is 19.4 Å². The molecule has 88 valence electrons. The van der Waals surface area contributed by atoms with E-state index >= 15 is 0 Å². The molecule has 0 N–H and O–H groups in total. The van der Waals surface area contributed by atoms with Gasteiger partial charge in [0.2, 0.25) is 0 Å². The molecule has 1 aliphatic heterocycles. The number of pyridine rings is 1. The minimum Gasteiger partial charge on any atom is -0.351 e. The molecule has 0 saturated carbocycles. The van der Waals surface area contributed by atoms with Crippen LogP contribution in [0, 0.1) is 6.92 Å². The quantitative estimate of drug-likeness (QED) is 0.789. The van der Waals surface area contributed by atoms with Crippen LogP contribution in [0.5, 0.6) is 0 Å². The second-order valence-corrected chi connectivity index (χ2v) is 5.45. The van der Waals surface area contributed by atoms with Gasteiger partial charge in [0.15, 0.2) is 0 Å². The third kappa shape index (κ3) is 2.38. The van der Waals surface area contributed by atoms with Crippen molar-refractivity contribution in [1.82, 2.24) is 9.88 Å². The maximum absolute atomic E-state index is 4.50. The lowest BCUT2D eigenvalue weighted by Crippen LogP contribution is -2.50. The maximum atomic E-state index is 4.50. The molecule has 1 atom stereocenters. The number of rotatable bonds is 1. The normalized spacial score (nSPS) is 22.5. The number of hydrogen-bond donors (Lipinski definition) is 0.